The van der Waals surface area contributed by atoms with Gasteiger partial charge in [-0.25, -0.2) is 14.4 Å². The minimum atomic E-state index is -0.420. The number of ether oxygens (including phenoxy) is 1. The van der Waals surface area contributed by atoms with Crippen molar-refractivity contribution >= 4 is 34.0 Å². The second-order valence-corrected chi connectivity index (χ2v) is 9.50. The highest BCUT2D eigenvalue weighted by atomic mass is 19.1. The monoisotopic (exact) mass is 521 g/mol. The van der Waals surface area contributed by atoms with Crippen molar-refractivity contribution in [1.29, 1.82) is 0 Å². The standard InChI is InChI=1S/C27H32FN7O3/c1-27(2,9-11-36)31-10-4-12-38-22-7-8-23-24(14-22)29-18-30-26(23)34-21-15-32-35(16-21)17-25(37)33-20-6-3-5-19(28)13-20/h3,5-8,13-16,18,31,36H,4,9-12,17H2,1-2H3,(H,33,37)(H,29,30,34). The summed E-state index contributed by atoms with van der Waals surface area (Å²) >= 11 is 0. The molecule has 200 valence electrons. The van der Waals surface area contributed by atoms with E-state index in [4.69, 9.17) is 9.84 Å². The van der Waals surface area contributed by atoms with E-state index in [2.05, 4.69) is 44.9 Å². The highest BCUT2D eigenvalue weighted by Crippen LogP contribution is 2.26. The Morgan fingerprint density at radius 1 is 1.16 bits per heavy atom. The molecule has 0 atom stereocenters. The lowest BCUT2D eigenvalue weighted by molar-refractivity contribution is -0.116. The molecule has 0 aliphatic heterocycles. The highest BCUT2D eigenvalue weighted by molar-refractivity contribution is 5.92. The summed E-state index contributed by atoms with van der Waals surface area (Å²) in [6.45, 7) is 5.60. The highest BCUT2D eigenvalue weighted by Gasteiger charge is 2.15. The van der Waals surface area contributed by atoms with E-state index in [9.17, 15) is 9.18 Å². The molecule has 2 heterocycles. The predicted octanol–water partition coefficient (Wildman–Crippen LogP) is 3.87. The Kier molecular flexibility index (Phi) is 8.82. The molecule has 1 amide bonds. The number of nitrogens with one attached hydrogen (secondary N) is 3. The molecule has 38 heavy (non-hydrogen) atoms. The van der Waals surface area contributed by atoms with Crippen molar-refractivity contribution < 1.29 is 19.0 Å². The zero-order chi connectivity index (χ0) is 27.0. The number of fused-ring (bicyclic) bond motifs is 1. The summed E-state index contributed by atoms with van der Waals surface area (Å²) in [7, 11) is 0. The number of aliphatic hydroxyl groups is 1. The average molecular weight is 522 g/mol. The molecule has 4 N–H and O–H groups in total. The van der Waals surface area contributed by atoms with Gasteiger partial charge in [-0.2, -0.15) is 5.10 Å². The number of halogens is 1. The van der Waals surface area contributed by atoms with Crippen molar-refractivity contribution in [1.82, 2.24) is 25.1 Å². The molecular formula is C27H32FN7O3. The van der Waals surface area contributed by atoms with Gasteiger partial charge in [-0.05, 0) is 63.6 Å². The van der Waals surface area contributed by atoms with Crippen LogP contribution in [0.1, 0.15) is 26.7 Å². The van der Waals surface area contributed by atoms with E-state index in [1.165, 1.54) is 29.2 Å². The normalized spacial score (nSPS) is 11.5. The van der Waals surface area contributed by atoms with E-state index in [1.807, 2.05) is 18.2 Å². The van der Waals surface area contributed by atoms with Crippen LogP contribution in [-0.2, 0) is 11.3 Å². The molecular weight excluding hydrogens is 489 g/mol. The third-order valence-electron chi connectivity index (χ3n) is 5.85. The Balaban J connectivity index is 1.31. The van der Waals surface area contributed by atoms with Gasteiger partial charge in [-0.3, -0.25) is 9.48 Å². The summed E-state index contributed by atoms with van der Waals surface area (Å²) in [5.41, 5.74) is 1.66. The van der Waals surface area contributed by atoms with E-state index >= 15 is 0 Å². The summed E-state index contributed by atoms with van der Waals surface area (Å²) < 4.78 is 20.7. The molecule has 0 aliphatic rings. The predicted molar refractivity (Wildman–Crippen MR) is 144 cm³/mol. The Bertz CT molecular complexity index is 1380. The number of carbonyl (C=O) groups is 1. The lowest BCUT2D eigenvalue weighted by Gasteiger charge is -2.25. The molecule has 0 saturated carbocycles. The summed E-state index contributed by atoms with van der Waals surface area (Å²) in [6.07, 6.45) is 6.27. The number of hydrogen-bond acceptors (Lipinski definition) is 8. The second-order valence-electron chi connectivity index (χ2n) is 9.50. The Morgan fingerprint density at radius 3 is 2.84 bits per heavy atom. The second kappa shape index (κ2) is 12.4. The van der Waals surface area contributed by atoms with Gasteiger partial charge in [0, 0.05) is 35.5 Å². The molecule has 0 saturated heterocycles. The summed E-state index contributed by atoms with van der Waals surface area (Å²) in [5.74, 6) is 0.570. The molecule has 0 radical (unpaired) electrons. The molecule has 0 unspecified atom stereocenters. The Morgan fingerprint density at radius 2 is 2.03 bits per heavy atom. The van der Waals surface area contributed by atoms with Gasteiger partial charge < -0.3 is 25.8 Å². The van der Waals surface area contributed by atoms with Gasteiger partial charge in [0.1, 0.15) is 30.3 Å². The van der Waals surface area contributed by atoms with Gasteiger partial charge in [0.05, 0.1) is 24.0 Å². The number of rotatable bonds is 13. The first-order valence-corrected chi connectivity index (χ1v) is 12.4. The minimum Gasteiger partial charge on any atom is -0.493 e. The largest absolute Gasteiger partial charge is 0.493 e. The molecule has 0 bridgehead atoms. The lowest BCUT2D eigenvalue weighted by Crippen LogP contribution is -2.40. The van der Waals surface area contributed by atoms with E-state index in [0.717, 1.165) is 23.9 Å². The van der Waals surface area contributed by atoms with E-state index in [1.54, 1.807) is 18.5 Å². The molecule has 2 aromatic carbocycles. The van der Waals surface area contributed by atoms with Crippen LogP contribution in [0.15, 0.2) is 61.2 Å². The number of carbonyl (C=O) groups excluding carboxylic acids is 1. The van der Waals surface area contributed by atoms with Crippen molar-refractivity contribution in [2.45, 2.75) is 38.8 Å². The number of anilines is 3. The zero-order valence-electron chi connectivity index (χ0n) is 21.4. The van der Waals surface area contributed by atoms with Crippen LogP contribution in [0.2, 0.25) is 0 Å². The third kappa shape index (κ3) is 7.70. The maximum Gasteiger partial charge on any atom is 0.246 e. The van der Waals surface area contributed by atoms with Crippen LogP contribution in [-0.4, -0.2) is 56.1 Å². The number of amides is 1. The van der Waals surface area contributed by atoms with Crippen LogP contribution >= 0.6 is 0 Å². The fraction of sp³-hybridized carbons (Fsp3) is 0.333. The quantitative estimate of drug-likeness (QED) is 0.195. The van der Waals surface area contributed by atoms with Gasteiger partial charge in [0.25, 0.3) is 0 Å². The molecule has 4 rings (SSSR count). The van der Waals surface area contributed by atoms with E-state index < -0.39 is 5.82 Å². The molecule has 0 aliphatic carbocycles. The van der Waals surface area contributed by atoms with Crippen LogP contribution in [0.3, 0.4) is 0 Å². The van der Waals surface area contributed by atoms with Gasteiger partial charge in [-0.15, -0.1) is 0 Å². The van der Waals surface area contributed by atoms with E-state index in [0.29, 0.717) is 36.0 Å². The average Bonchev–Trinajstić information content (AvgIpc) is 3.30. The summed E-state index contributed by atoms with van der Waals surface area (Å²) in [6, 6.07) is 11.4. The van der Waals surface area contributed by atoms with Crippen molar-refractivity contribution in [2.24, 2.45) is 0 Å². The first-order chi connectivity index (χ1) is 18.3. The third-order valence-corrected chi connectivity index (χ3v) is 5.85. The first kappa shape index (κ1) is 27.0. The number of aromatic nitrogens is 4. The smallest absolute Gasteiger partial charge is 0.246 e. The van der Waals surface area contributed by atoms with Crippen LogP contribution in [0.4, 0.5) is 21.6 Å². The van der Waals surface area contributed by atoms with Crippen LogP contribution in [0.5, 0.6) is 5.75 Å². The maximum absolute atomic E-state index is 13.3. The summed E-state index contributed by atoms with van der Waals surface area (Å²) in [4.78, 5) is 21.0. The molecule has 2 aromatic heterocycles. The van der Waals surface area contributed by atoms with Gasteiger partial charge in [-0.1, -0.05) is 6.07 Å². The van der Waals surface area contributed by atoms with Crippen molar-refractivity contribution in [3.05, 3.63) is 67.0 Å². The first-order valence-electron chi connectivity index (χ1n) is 12.4. The van der Waals surface area contributed by atoms with E-state index in [-0.39, 0.29) is 24.6 Å². The molecule has 4 aromatic rings. The molecule has 0 spiro atoms. The molecule has 10 nitrogen and oxygen atoms in total. The number of benzene rings is 2. The zero-order valence-corrected chi connectivity index (χ0v) is 21.4. The number of nitrogens with zero attached hydrogens (tertiary/aromatic N) is 4. The van der Waals surface area contributed by atoms with Crippen molar-refractivity contribution in [3.8, 4) is 5.75 Å². The summed E-state index contributed by atoms with van der Waals surface area (Å²) in [5, 5.41) is 23.4. The van der Waals surface area contributed by atoms with Crippen LogP contribution < -0.4 is 20.7 Å². The van der Waals surface area contributed by atoms with Gasteiger partial charge in [0.2, 0.25) is 5.91 Å². The number of hydrogen-bond donors (Lipinski definition) is 4. The van der Waals surface area contributed by atoms with Gasteiger partial charge in [0.15, 0.2) is 0 Å². The minimum absolute atomic E-state index is 0.0299. The Labute approximate surface area is 220 Å². The fourth-order valence-corrected chi connectivity index (χ4v) is 3.85. The Hall–Kier alpha value is -4.09. The maximum atomic E-state index is 13.3. The van der Waals surface area contributed by atoms with Crippen molar-refractivity contribution in [3.63, 3.8) is 0 Å². The van der Waals surface area contributed by atoms with Gasteiger partial charge >= 0.3 is 0 Å². The SMILES string of the molecule is CC(C)(CCO)NCCCOc1ccc2c(Nc3cnn(CC(=O)Nc4cccc(F)c4)c3)ncnc2c1. The fourth-order valence-electron chi connectivity index (χ4n) is 3.85. The topological polar surface area (TPSA) is 126 Å². The van der Waals surface area contributed by atoms with Crippen LogP contribution in [0, 0.1) is 5.82 Å². The number of aliphatic hydroxyl groups excluding tert-OH is 1. The van der Waals surface area contributed by atoms with Crippen molar-refractivity contribution in [2.75, 3.05) is 30.4 Å². The van der Waals surface area contributed by atoms with Crippen LogP contribution in [0.25, 0.3) is 10.9 Å². The molecule has 11 heteroatoms. The lowest BCUT2D eigenvalue weighted by atomic mass is 10.0. The molecule has 0 fully saturated rings.